The number of allylic oxidation sites excluding steroid dienone is 1. The number of rotatable bonds is 1. The highest BCUT2D eigenvalue weighted by Crippen LogP contribution is 2.36. The van der Waals surface area contributed by atoms with Crippen molar-refractivity contribution in [2.45, 2.75) is 77.3 Å². The van der Waals surface area contributed by atoms with E-state index in [4.69, 9.17) is 4.74 Å². The minimum Gasteiger partial charge on any atom is -0.389 e. The van der Waals surface area contributed by atoms with Crippen LogP contribution >= 0.6 is 0 Å². The molecule has 3 heteroatoms. The Balaban J connectivity index is 2.18. The fraction of sp³-hybridized carbons (Fsp3) is 0.700. The molecule has 0 aromatic heterocycles. The molecule has 1 aliphatic heterocycles. The lowest BCUT2D eigenvalue weighted by atomic mass is 9.86. The molecule has 2 unspecified atom stereocenters. The van der Waals surface area contributed by atoms with Crippen LogP contribution in [0.2, 0.25) is 0 Å². The zero-order valence-electron chi connectivity index (χ0n) is 15.0. The Kier molecular flexibility index (Phi) is 5.88. The monoisotopic (exact) mass is 320 g/mol. The first-order valence-corrected chi connectivity index (χ1v) is 8.78. The van der Waals surface area contributed by atoms with Gasteiger partial charge in [0.1, 0.15) is 6.10 Å². The summed E-state index contributed by atoms with van der Waals surface area (Å²) in [5, 5.41) is 20.8. The van der Waals surface area contributed by atoms with Crippen LogP contribution in [0.15, 0.2) is 36.0 Å². The highest BCUT2D eigenvalue weighted by atomic mass is 16.6. The van der Waals surface area contributed by atoms with E-state index in [0.717, 1.165) is 24.8 Å². The number of hydrogen-bond donors (Lipinski definition) is 2. The average Bonchev–Trinajstić information content (AvgIpc) is 3.14. The average molecular weight is 320 g/mol. The van der Waals surface area contributed by atoms with Gasteiger partial charge in [0, 0.05) is 6.42 Å². The summed E-state index contributed by atoms with van der Waals surface area (Å²) >= 11 is 0. The Morgan fingerprint density at radius 3 is 2.74 bits per heavy atom. The van der Waals surface area contributed by atoms with Crippen LogP contribution < -0.4 is 0 Å². The highest BCUT2D eigenvalue weighted by Gasteiger charge is 2.40. The number of fused-ring (bicyclic) bond motifs is 1. The van der Waals surface area contributed by atoms with Gasteiger partial charge in [0.15, 0.2) is 0 Å². The maximum atomic E-state index is 10.5. The van der Waals surface area contributed by atoms with Crippen LogP contribution in [0, 0.1) is 11.8 Å². The maximum Gasteiger partial charge on any atom is 0.105 e. The summed E-state index contributed by atoms with van der Waals surface area (Å²) in [5.74, 6) is 0.901. The molecule has 0 saturated carbocycles. The third-order valence-corrected chi connectivity index (χ3v) is 4.96. The Labute approximate surface area is 140 Å². The summed E-state index contributed by atoms with van der Waals surface area (Å²) in [6.07, 6.45) is 8.67. The Hall–Kier alpha value is -0.900. The van der Waals surface area contributed by atoms with Crippen LogP contribution in [0.5, 0.6) is 0 Å². The normalized spacial score (nSPS) is 43.3. The van der Waals surface area contributed by atoms with Crippen LogP contribution in [0.1, 0.15) is 53.4 Å². The second kappa shape index (κ2) is 7.33. The van der Waals surface area contributed by atoms with Crippen LogP contribution in [-0.4, -0.2) is 34.1 Å². The van der Waals surface area contributed by atoms with Gasteiger partial charge in [0.05, 0.1) is 17.8 Å². The zero-order valence-corrected chi connectivity index (χ0v) is 15.0. The molecule has 23 heavy (non-hydrogen) atoms. The molecule has 1 heterocycles. The summed E-state index contributed by atoms with van der Waals surface area (Å²) in [6, 6.07) is 0. The van der Waals surface area contributed by atoms with E-state index in [-0.39, 0.29) is 12.2 Å². The molecule has 2 N–H and O–H groups in total. The summed E-state index contributed by atoms with van der Waals surface area (Å²) in [7, 11) is 0. The summed E-state index contributed by atoms with van der Waals surface area (Å²) in [5.41, 5.74) is 1.28. The van der Waals surface area contributed by atoms with Crippen molar-refractivity contribution in [3.05, 3.63) is 36.0 Å². The van der Waals surface area contributed by atoms with E-state index in [1.54, 1.807) is 6.92 Å². The minimum atomic E-state index is -0.997. The molecular formula is C20H32O3. The van der Waals surface area contributed by atoms with Crippen molar-refractivity contribution in [2.75, 3.05) is 0 Å². The molecule has 0 amide bonds. The van der Waals surface area contributed by atoms with Crippen molar-refractivity contribution in [2.24, 2.45) is 11.8 Å². The van der Waals surface area contributed by atoms with Crippen molar-refractivity contribution in [3.8, 4) is 0 Å². The number of ether oxygens (including phenoxy) is 1. The van der Waals surface area contributed by atoms with Crippen molar-refractivity contribution in [1.29, 1.82) is 0 Å². The quantitative estimate of drug-likeness (QED) is 0.571. The number of epoxide rings is 1. The Morgan fingerprint density at radius 1 is 1.39 bits per heavy atom. The van der Waals surface area contributed by atoms with Gasteiger partial charge in [-0.25, -0.2) is 0 Å². The molecule has 0 bridgehead atoms. The molecule has 5 atom stereocenters. The highest BCUT2D eigenvalue weighted by molar-refractivity contribution is 5.18. The van der Waals surface area contributed by atoms with Crippen LogP contribution in [-0.2, 0) is 4.74 Å². The topological polar surface area (TPSA) is 53.0 Å². The first kappa shape index (κ1) is 18.4. The number of hydrogen-bond acceptors (Lipinski definition) is 3. The van der Waals surface area contributed by atoms with E-state index in [0.29, 0.717) is 18.3 Å². The lowest BCUT2D eigenvalue weighted by molar-refractivity contribution is 0.0565. The molecule has 0 aromatic carbocycles. The van der Waals surface area contributed by atoms with Gasteiger partial charge in [-0.05, 0) is 50.5 Å². The van der Waals surface area contributed by atoms with Gasteiger partial charge in [-0.2, -0.15) is 0 Å². The van der Waals surface area contributed by atoms with Crippen molar-refractivity contribution in [1.82, 2.24) is 0 Å². The van der Waals surface area contributed by atoms with Gasteiger partial charge >= 0.3 is 0 Å². The fourth-order valence-electron chi connectivity index (χ4n) is 3.40. The molecule has 0 aromatic rings. The number of aliphatic hydroxyl groups excluding tert-OH is 1. The summed E-state index contributed by atoms with van der Waals surface area (Å²) in [4.78, 5) is 0. The molecule has 2 rings (SSSR count). The molecule has 1 saturated heterocycles. The molecule has 0 spiro atoms. The van der Waals surface area contributed by atoms with Crippen molar-refractivity contribution in [3.63, 3.8) is 0 Å². The molecule has 0 radical (unpaired) electrons. The zero-order chi connectivity index (χ0) is 17.2. The first-order chi connectivity index (χ1) is 10.7. The molecule has 3 nitrogen and oxygen atoms in total. The minimum absolute atomic E-state index is 0.179. The van der Waals surface area contributed by atoms with E-state index in [1.165, 1.54) is 5.57 Å². The van der Waals surface area contributed by atoms with Crippen LogP contribution in [0.25, 0.3) is 0 Å². The molecule has 1 fully saturated rings. The standard InChI is InChI=1S/C20H32O3/c1-13(2)16-7-6-15(4)19-18(23-19)11-14(3)10-17(21)12-20(5,22)9-8-16/h8-10,13,16-19,21-22H,4,6-7,11-12H2,1-3,5H3/b9-8+,14-10-/t16-,17-,18?,19?,20+/m0/s1. The second-order valence-electron chi connectivity index (χ2n) is 7.90. The fourth-order valence-corrected chi connectivity index (χ4v) is 3.40. The number of aliphatic hydroxyl groups is 2. The smallest absolute Gasteiger partial charge is 0.105 e. The lowest BCUT2D eigenvalue weighted by Gasteiger charge is -2.24. The Bertz CT molecular complexity index is 487. The maximum absolute atomic E-state index is 10.5. The van der Waals surface area contributed by atoms with Gasteiger partial charge in [-0.1, -0.05) is 44.2 Å². The SMILES string of the molecule is C=C1CC[C@H](C(C)C)/C=C/[C@@](C)(O)C[C@@H](O)/C=C(/C)CC2OC12. The Morgan fingerprint density at radius 2 is 2.09 bits per heavy atom. The van der Waals surface area contributed by atoms with Gasteiger partial charge < -0.3 is 14.9 Å². The third-order valence-electron chi connectivity index (χ3n) is 4.96. The van der Waals surface area contributed by atoms with E-state index >= 15 is 0 Å². The largest absolute Gasteiger partial charge is 0.389 e. The third kappa shape index (κ3) is 5.59. The van der Waals surface area contributed by atoms with E-state index in [2.05, 4.69) is 26.5 Å². The van der Waals surface area contributed by atoms with Crippen LogP contribution in [0.3, 0.4) is 0 Å². The van der Waals surface area contributed by atoms with Crippen LogP contribution in [0.4, 0.5) is 0 Å². The predicted molar refractivity (Wildman–Crippen MR) is 94.1 cm³/mol. The lowest BCUT2D eigenvalue weighted by Crippen LogP contribution is -2.27. The van der Waals surface area contributed by atoms with Gasteiger partial charge in [-0.15, -0.1) is 0 Å². The molecule has 130 valence electrons. The molecule has 1 aliphatic carbocycles. The second-order valence-corrected chi connectivity index (χ2v) is 7.90. The summed E-state index contributed by atoms with van der Waals surface area (Å²) in [6.45, 7) is 12.4. The van der Waals surface area contributed by atoms with Gasteiger partial charge in [0.25, 0.3) is 0 Å². The van der Waals surface area contributed by atoms with Gasteiger partial charge in [0.2, 0.25) is 0 Å². The summed E-state index contributed by atoms with van der Waals surface area (Å²) < 4.78 is 5.76. The van der Waals surface area contributed by atoms with Crippen molar-refractivity contribution < 1.29 is 14.9 Å². The molecular weight excluding hydrogens is 288 g/mol. The van der Waals surface area contributed by atoms with Gasteiger partial charge in [-0.3, -0.25) is 0 Å². The van der Waals surface area contributed by atoms with Crippen molar-refractivity contribution >= 4 is 0 Å². The first-order valence-electron chi connectivity index (χ1n) is 8.78. The van der Waals surface area contributed by atoms with E-state index in [9.17, 15) is 10.2 Å². The van der Waals surface area contributed by atoms with E-state index in [1.807, 2.05) is 19.1 Å². The predicted octanol–water partition coefficient (Wildman–Crippen LogP) is 3.77. The van der Waals surface area contributed by atoms with E-state index < -0.39 is 11.7 Å². The molecule has 2 aliphatic rings.